The van der Waals surface area contributed by atoms with Crippen LogP contribution in [0.25, 0.3) is 11.0 Å². The van der Waals surface area contributed by atoms with Crippen LogP contribution in [0.2, 0.25) is 36.3 Å². The average molecular weight is 637 g/mol. The van der Waals surface area contributed by atoms with Crippen LogP contribution in [-0.2, 0) is 13.6 Å². The van der Waals surface area contributed by atoms with E-state index in [0.29, 0.717) is 16.9 Å². The van der Waals surface area contributed by atoms with Crippen LogP contribution in [0.3, 0.4) is 0 Å². The summed E-state index contributed by atoms with van der Waals surface area (Å²) in [7, 11) is -4.40. The number of nitrogens with two attached hydrogens (primary N) is 1. The fraction of sp³-hybridized carbons (Fsp3) is 0.750. The fourth-order valence-electron chi connectivity index (χ4n) is 3.77. The Balaban J connectivity index is 2.05. The van der Waals surface area contributed by atoms with Crippen molar-refractivity contribution in [2.24, 2.45) is 0 Å². The van der Waals surface area contributed by atoms with Crippen LogP contribution in [0.15, 0.2) is 12.5 Å². The number of nitrogen functional groups attached to an aromatic ring is 1. The van der Waals surface area contributed by atoms with E-state index in [1.54, 1.807) is 11.5 Å². The number of fused-ring (bicyclic) bond motifs is 1. The molecule has 7 nitrogen and oxygen atoms in total. The summed E-state index contributed by atoms with van der Waals surface area (Å²) in [6.45, 7) is 23.6. The van der Waals surface area contributed by atoms with Gasteiger partial charge in [0.15, 0.2) is 28.5 Å². The van der Waals surface area contributed by atoms with Crippen molar-refractivity contribution in [2.75, 3.05) is 12.3 Å². The topological polar surface area (TPSA) is 84.4 Å². The van der Waals surface area contributed by atoms with E-state index < -0.39 is 40.7 Å². The molecule has 2 aromatic rings. The molecule has 1 saturated heterocycles. The molecule has 0 aromatic carbocycles. The SMILES string of the molecule is CC(C)(C)[Si](C)(C)OC[C@H]1O[C@@H](n2cc(I)c3c(N)ncnc32)[C@](C)(F)[C@@H]1O[Si](C)(C)C(C)(C)C. The van der Waals surface area contributed by atoms with Crippen molar-refractivity contribution < 1.29 is 18.0 Å². The van der Waals surface area contributed by atoms with Gasteiger partial charge in [0.25, 0.3) is 0 Å². The molecule has 11 heteroatoms. The van der Waals surface area contributed by atoms with Crippen LogP contribution in [-0.4, -0.2) is 55.7 Å². The van der Waals surface area contributed by atoms with E-state index in [1.807, 2.05) is 6.20 Å². The molecular formula is C24H42FIN4O3Si2. The van der Waals surface area contributed by atoms with Gasteiger partial charge in [0.2, 0.25) is 0 Å². The summed E-state index contributed by atoms with van der Waals surface area (Å²) in [5.41, 5.74) is 4.84. The quantitative estimate of drug-likeness (QED) is 0.282. The van der Waals surface area contributed by atoms with Gasteiger partial charge in [0.05, 0.1) is 12.0 Å². The van der Waals surface area contributed by atoms with E-state index >= 15 is 4.39 Å². The third-order valence-electron chi connectivity index (χ3n) is 8.17. The number of hydrogen-bond acceptors (Lipinski definition) is 6. The van der Waals surface area contributed by atoms with Gasteiger partial charge in [0, 0.05) is 9.77 Å². The predicted molar refractivity (Wildman–Crippen MR) is 153 cm³/mol. The maximum absolute atomic E-state index is 16.9. The molecule has 4 atom stereocenters. The molecular weight excluding hydrogens is 594 g/mol. The summed E-state index contributed by atoms with van der Waals surface area (Å²) in [4.78, 5) is 8.53. The Morgan fingerprint density at radius 3 is 2.23 bits per heavy atom. The lowest BCUT2D eigenvalue weighted by Crippen LogP contribution is -2.53. The highest BCUT2D eigenvalue weighted by Gasteiger charge is 2.59. The van der Waals surface area contributed by atoms with Gasteiger partial charge < -0.3 is 23.9 Å². The van der Waals surface area contributed by atoms with Gasteiger partial charge in [-0.1, -0.05) is 41.5 Å². The van der Waals surface area contributed by atoms with Gasteiger partial charge in [-0.3, -0.25) is 0 Å². The molecule has 3 heterocycles. The maximum atomic E-state index is 16.9. The molecule has 1 aliphatic rings. The van der Waals surface area contributed by atoms with Crippen LogP contribution < -0.4 is 5.73 Å². The van der Waals surface area contributed by atoms with E-state index in [1.165, 1.54) is 6.33 Å². The molecule has 1 aliphatic heterocycles. The Hall–Kier alpha value is -0.606. The average Bonchev–Trinajstić information content (AvgIpc) is 3.13. The number of nitrogens with zero attached hydrogens (tertiary/aromatic N) is 3. The Morgan fingerprint density at radius 2 is 1.69 bits per heavy atom. The first-order valence-corrected chi connectivity index (χ1v) is 19.0. The molecule has 0 radical (unpaired) electrons. The standard InChI is InChI=1S/C24H42FIN4O3Si2/c1-22(2,3)34(8,9)31-13-16-18(33-35(10,11)23(4,5)6)24(7,25)21(32-16)30-12-15(26)17-19(27)28-14-29-20(17)30/h12,14,16,18,21H,13H2,1-11H3,(H2,27,28,29)/t16-,18-,21-,24-/m1/s1. The van der Waals surface area contributed by atoms with Crippen LogP contribution in [0.5, 0.6) is 0 Å². The summed E-state index contributed by atoms with van der Waals surface area (Å²) in [5.74, 6) is 0.364. The van der Waals surface area contributed by atoms with Gasteiger partial charge in [-0.05, 0) is 65.8 Å². The van der Waals surface area contributed by atoms with E-state index in [9.17, 15) is 0 Å². The summed E-state index contributed by atoms with van der Waals surface area (Å²) in [6, 6.07) is 0. The molecule has 0 aliphatic carbocycles. The van der Waals surface area contributed by atoms with Crippen molar-refractivity contribution in [3.63, 3.8) is 0 Å². The minimum atomic E-state index is -2.32. The number of halogens is 2. The van der Waals surface area contributed by atoms with E-state index in [0.717, 1.165) is 3.57 Å². The van der Waals surface area contributed by atoms with Crippen molar-refractivity contribution in [1.29, 1.82) is 0 Å². The number of aromatic nitrogens is 3. The third-order valence-corrected chi connectivity index (χ3v) is 17.9. The van der Waals surface area contributed by atoms with E-state index in [4.69, 9.17) is 19.3 Å². The summed E-state index contributed by atoms with van der Waals surface area (Å²) in [6.07, 6.45) is 0.945. The second-order valence-electron chi connectivity index (χ2n) is 12.9. The second kappa shape index (κ2) is 9.30. The van der Waals surface area contributed by atoms with Gasteiger partial charge in [-0.25, -0.2) is 14.4 Å². The first-order valence-electron chi connectivity index (χ1n) is 12.1. The highest BCUT2D eigenvalue weighted by atomic mass is 127. The first-order chi connectivity index (χ1) is 15.7. The zero-order valence-electron chi connectivity index (χ0n) is 23.0. The Labute approximate surface area is 225 Å². The number of alkyl halides is 1. The molecule has 0 unspecified atom stereocenters. The first kappa shape index (κ1) is 29.0. The van der Waals surface area contributed by atoms with Crippen LogP contribution in [0.1, 0.15) is 54.7 Å². The highest BCUT2D eigenvalue weighted by Crippen LogP contribution is 2.49. The number of ether oxygens (including phenoxy) is 1. The molecule has 3 rings (SSSR count). The Bertz CT molecular complexity index is 1080. The lowest BCUT2D eigenvalue weighted by atomic mass is 9.98. The van der Waals surface area contributed by atoms with Crippen LogP contribution in [0, 0.1) is 3.57 Å². The molecule has 2 aromatic heterocycles. The van der Waals surface area contributed by atoms with Crippen molar-refractivity contribution in [1.82, 2.24) is 14.5 Å². The molecule has 2 N–H and O–H groups in total. The zero-order chi connectivity index (χ0) is 26.8. The maximum Gasteiger partial charge on any atom is 0.192 e. The molecule has 35 heavy (non-hydrogen) atoms. The largest absolute Gasteiger partial charge is 0.414 e. The molecule has 198 valence electrons. The summed E-state index contributed by atoms with van der Waals surface area (Å²) < 4.78 is 39.2. The Morgan fingerprint density at radius 1 is 1.11 bits per heavy atom. The second-order valence-corrected chi connectivity index (χ2v) is 23.6. The molecule has 0 amide bonds. The lowest BCUT2D eigenvalue weighted by molar-refractivity contribution is -0.0549. The van der Waals surface area contributed by atoms with Crippen LogP contribution in [0.4, 0.5) is 10.2 Å². The highest BCUT2D eigenvalue weighted by molar-refractivity contribution is 14.1. The summed E-state index contributed by atoms with van der Waals surface area (Å²) in [5, 5.41) is 0.653. The van der Waals surface area contributed by atoms with Gasteiger partial charge in [-0.2, -0.15) is 0 Å². The van der Waals surface area contributed by atoms with Gasteiger partial charge >= 0.3 is 0 Å². The van der Waals surface area contributed by atoms with Crippen molar-refractivity contribution in [2.45, 2.75) is 109 Å². The summed E-state index contributed by atoms with van der Waals surface area (Å²) >= 11 is 2.18. The van der Waals surface area contributed by atoms with Crippen molar-refractivity contribution in [3.05, 3.63) is 16.1 Å². The van der Waals surface area contributed by atoms with E-state index in [2.05, 4.69) is 100 Å². The third kappa shape index (κ3) is 5.36. The monoisotopic (exact) mass is 636 g/mol. The zero-order valence-corrected chi connectivity index (χ0v) is 27.2. The molecule has 1 fully saturated rings. The number of hydrogen-bond donors (Lipinski definition) is 1. The smallest absolute Gasteiger partial charge is 0.192 e. The van der Waals surface area contributed by atoms with Gasteiger partial charge in [0.1, 0.15) is 30.0 Å². The molecule has 0 spiro atoms. The predicted octanol–water partition coefficient (Wildman–Crippen LogP) is 6.66. The Kier molecular flexibility index (Phi) is 7.69. The van der Waals surface area contributed by atoms with Crippen molar-refractivity contribution in [3.8, 4) is 0 Å². The minimum absolute atomic E-state index is 0.0288. The van der Waals surface area contributed by atoms with Gasteiger partial charge in [-0.15, -0.1) is 0 Å². The number of anilines is 1. The number of rotatable bonds is 6. The fourth-order valence-corrected chi connectivity index (χ4v) is 6.97. The van der Waals surface area contributed by atoms with E-state index in [-0.39, 0.29) is 16.7 Å². The van der Waals surface area contributed by atoms with Crippen LogP contribution >= 0.6 is 22.6 Å². The lowest BCUT2D eigenvalue weighted by Gasteiger charge is -2.42. The normalized spacial score (nSPS) is 26.6. The minimum Gasteiger partial charge on any atom is -0.414 e. The molecule has 0 bridgehead atoms. The van der Waals surface area contributed by atoms with Crippen molar-refractivity contribution >= 4 is 56.1 Å². The molecule has 0 saturated carbocycles.